The number of amides is 1. The number of aromatic nitrogens is 2. The van der Waals surface area contributed by atoms with E-state index < -0.39 is 21.7 Å². The number of benzene rings is 2. The molecule has 1 saturated heterocycles. The molecule has 0 bridgehead atoms. The minimum atomic E-state index is -3.72. The average molecular weight is 520 g/mol. The fourth-order valence-corrected chi connectivity index (χ4v) is 5.85. The molecule has 2 aromatic heterocycles. The molecule has 35 heavy (non-hydrogen) atoms. The van der Waals surface area contributed by atoms with E-state index in [-0.39, 0.29) is 18.8 Å². The van der Waals surface area contributed by atoms with Gasteiger partial charge in [-0.25, -0.2) is 22.2 Å². The summed E-state index contributed by atoms with van der Waals surface area (Å²) in [5, 5.41) is 2.53. The summed E-state index contributed by atoms with van der Waals surface area (Å²) in [6.45, 7) is 2.19. The van der Waals surface area contributed by atoms with Gasteiger partial charge in [-0.05, 0) is 36.4 Å². The number of fused-ring (bicyclic) bond motifs is 1. The molecule has 1 fully saturated rings. The van der Waals surface area contributed by atoms with Crippen LogP contribution in [0.3, 0.4) is 0 Å². The highest BCUT2D eigenvalue weighted by Crippen LogP contribution is 2.23. The molecule has 1 aliphatic heterocycles. The zero-order chi connectivity index (χ0) is 24.6. The molecular weight excluding hydrogens is 496 g/mol. The molecule has 0 spiro atoms. The molecule has 3 heterocycles. The molecule has 0 unspecified atom stereocenters. The van der Waals surface area contributed by atoms with Crippen molar-refractivity contribution < 1.29 is 23.4 Å². The lowest BCUT2D eigenvalue weighted by molar-refractivity contribution is -0.132. The molecule has 8 nitrogen and oxygen atoms in total. The minimum absolute atomic E-state index is 0. The Labute approximate surface area is 205 Å². The number of anilines is 2. The average Bonchev–Trinajstić information content (AvgIpc) is 3.49. The third-order valence-electron chi connectivity index (χ3n) is 5.92. The Morgan fingerprint density at radius 1 is 1.06 bits per heavy atom. The van der Waals surface area contributed by atoms with Crippen LogP contribution in [0.1, 0.15) is 1.43 Å². The largest absolute Gasteiger partial charge is 0.368 e. The van der Waals surface area contributed by atoms with E-state index >= 15 is 0 Å². The molecule has 4 aromatic rings. The number of carbonyl (C=O) groups excluding carboxylic acids is 1. The molecule has 12 heteroatoms. The van der Waals surface area contributed by atoms with Crippen molar-refractivity contribution in [2.75, 3.05) is 35.8 Å². The van der Waals surface area contributed by atoms with Crippen LogP contribution in [0.25, 0.3) is 10.9 Å². The van der Waals surface area contributed by atoms with Gasteiger partial charge in [0.2, 0.25) is 5.91 Å². The number of piperazine rings is 1. The second kappa shape index (κ2) is 9.27. The van der Waals surface area contributed by atoms with Crippen LogP contribution >= 0.6 is 11.3 Å². The first-order valence-corrected chi connectivity index (χ1v) is 13.2. The van der Waals surface area contributed by atoms with E-state index in [1.54, 1.807) is 51.4 Å². The number of halogens is 2. The van der Waals surface area contributed by atoms with Gasteiger partial charge in [-0.15, -0.1) is 11.3 Å². The maximum absolute atomic E-state index is 13.6. The van der Waals surface area contributed by atoms with E-state index in [0.717, 1.165) is 17.8 Å². The standard InChI is InChI=1S/C23H21F2N5O3S2.H2/c24-19-13-16-5-7-30(21(16)14-20(19)25)15-22(31)29-10-8-28(9-11-29)17-1-3-18(4-2-17)35(32,33)27-23-26-6-12-34-23;/h1-7,12-14H,8-11,15H2,(H,26,27);1H. The highest BCUT2D eigenvalue weighted by Gasteiger charge is 2.23. The van der Waals surface area contributed by atoms with Gasteiger partial charge < -0.3 is 14.4 Å². The fourth-order valence-electron chi connectivity index (χ4n) is 4.07. The highest BCUT2D eigenvalue weighted by atomic mass is 32.2. The quantitative estimate of drug-likeness (QED) is 0.419. The van der Waals surface area contributed by atoms with Crippen LogP contribution in [0, 0.1) is 11.6 Å². The van der Waals surface area contributed by atoms with E-state index in [0.29, 0.717) is 42.2 Å². The Balaban J connectivity index is 0.00000304. The lowest BCUT2D eigenvalue weighted by Crippen LogP contribution is -2.49. The third-order valence-corrected chi connectivity index (χ3v) is 8.09. The molecule has 2 aromatic carbocycles. The molecular formula is C23H23F2N5O3S2. The predicted molar refractivity (Wildman–Crippen MR) is 132 cm³/mol. The lowest BCUT2D eigenvalue weighted by atomic mass is 10.2. The van der Waals surface area contributed by atoms with E-state index in [2.05, 4.69) is 14.6 Å². The van der Waals surface area contributed by atoms with Gasteiger partial charge in [-0.3, -0.25) is 9.52 Å². The number of hydrogen-bond donors (Lipinski definition) is 1. The normalized spacial score (nSPS) is 14.5. The van der Waals surface area contributed by atoms with Crippen LogP contribution in [0.15, 0.2) is 65.1 Å². The topological polar surface area (TPSA) is 87.5 Å². The first-order valence-electron chi connectivity index (χ1n) is 10.8. The first kappa shape index (κ1) is 23.2. The molecule has 0 aliphatic carbocycles. The van der Waals surface area contributed by atoms with Crippen LogP contribution in [0.5, 0.6) is 0 Å². The zero-order valence-electron chi connectivity index (χ0n) is 18.4. The Morgan fingerprint density at radius 3 is 2.46 bits per heavy atom. The van der Waals surface area contributed by atoms with Gasteiger partial charge in [0.25, 0.3) is 10.0 Å². The molecule has 0 atom stereocenters. The summed E-state index contributed by atoms with van der Waals surface area (Å²) in [7, 11) is -3.72. The first-order chi connectivity index (χ1) is 16.8. The van der Waals surface area contributed by atoms with E-state index in [1.807, 2.05) is 0 Å². The number of nitrogens with one attached hydrogen (secondary N) is 1. The van der Waals surface area contributed by atoms with Crippen molar-refractivity contribution in [1.82, 2.24) is 14.5 Å². The molecule has 0 radical (unpaired) electrons. The molecule has 0 saturated carbocycles. The monoisotopic (exact) mass is 519 g/mol. The summed E-state index contributed by atoms with van der Waals surface area (Å²) in [4.78, 5) is 20.7. The molecule has 5 rings (SSSR count). The molecule has 1 aliphatic rings. The second-order valence-electron chi connectivity index (χ2n) is 8.07. The number of carbonyl (C=O) groups is 1. The van der Waals surface area contributed by atoms with Crippen molar-refractivity contribution in [2.45, 2.75) is 11.4 Å². The highest BCUT2D eigenvalue weighted by molar-refractivity contribution is 7.93. The van der Waals surface area contributed by atoms with E-state index in [9.17, 15) is 22.0 Å². The maximum Gasteiger partial charge on any atom is 0.263 e. The van der Waals surface area contributed by atoms with Gasteiger partial charge >= 0.3 is 0 Å². The Kier molecular flexibility index (Phi) is 6.15. The Morgan fingerprint density at radius 2 is 1.77 bits per heavy atom. The smallest absolute Gasteiger partial charge is 0.263 e. The third kappa shape index (κ3) is 4.84. The van der Waals surface area contributed by atoms with Crippen LogP contribution < -0.4 is 9.62 Å². The van der Waals surface area contributed by atoms with E-state index in [4.69, 9.17) is 0 Å². The summed E-state index contributed by atoms with van der Waals surface area (Å²) in [6.07, 6.45) is 3.17. The van der Waals surface area contributed by atoms with Crippen molar-refractivity contribution in [3.05, 3.63) is 71.9 Å². The minimum Gasteiger partial charge on any atom is -0.368 e. The summed E-state index contributed by atoms with van der Waals surface area (Å²) >= 11 is 1.20. The summed E-state index contributed by atoms with van der Waals surface area (Å²) in [6, 6.07) is 10.5. The van der Waals surface area contributed by atoms with Gasteiger partial charge in [0, 0.05) is 62.5 Å². The van der Waals surface area contributed by atoms with Gasteiger partial charge in [0.1, 0.15) is 6.54 Å². The van der Waals surface area contributed by atoms with Gasteiger partial charge in [0.05, 0.1) is 10.4 Å². The number of rotatable bonds is 6. The van der Waals surface area contributed by atoms with Crippen LogP contribution in [-0.2, 0) is 21.4 Å². The van der Waals surface area contributed by atoms with Gasteiger partial charge in [-0.2, -0.15) is 0 Å². The SMILES string of the molecule is O=C(Cn1ccc2cc(F)c(F)cc21)N1CCN(c2ccc(S(=O)(=O)Nc3nccs3)cc2)CC1.[HH]. The molecule has 1 N–H and O–H groups in total. The number of nitrogens with zero attached hydrogens (tertiary/aromatic N) is 4. The Bertz CT molecular complexity index is 1470. The second-order valence-corrected chi connectivity index (χ2v) is 10.7. The zero-order valence-corrected chi connectivity index (χ0v) is 20.0. The molecule has 1 amide bonds. The van der Waals surface area contributed by atoms with Crippen molar-refractivity contribution in [3.63, 3.8) is 0 Å². The Hall–Kier alpha value is -3.51. The summed E-state index contributed by atoms with van der Waals surface area (Å²) < 4.78 is 56.2. The van der Waals surface area contributed by atoms with Crippen molar-refractivity contribution in [1.29, 1.82) is 0 Å². The van der Waals surface area contributed by atoms with Crippen molar-refractivity contribution in [2.24, 2.45) is 0 Å². The van der Waals surface area contributed by atoms with Gasteiger partial charge in [-0.1, -0.05) is 0 Å². The fraction of sp³-hybridized carbons (Fsp3) is 0.217. The molecule has 184 valence electrons. The predicted octanol–water partition coefficient (Wildman–Crippen LogP) is 3.77. The number of thiazole rings is 1. The lowest BCUT2D eigenvalue weighted by Gasteiger charge is -2.36. The maximum atomic E-state index is 13.6. The van der Waals surface area contributed by atoms with Crippen LogP contribution in [0.2, 0.25) is 0 Å². The van der Waals surface area contributed by atoms with Crippen LogP contribution in [0.4, 0.5) is 19.6 Å². The van der Waals surface area contributed by atoms with Gasteiger partial charge in [0.15, 0.2) is 16.8 Å². The van der Waals surface area contributed by atoms with Crippen molar-refractivity contribution in [3.8, 4) is 0 Å². The van der Waals surface area contributed by atoms with Crippen LogP contribution in [-0.4, -0.2) is 55.0 Å². The van der Waals surface area contributed by atoms with E-state index in [1.165, 1.54) is 17.5 Å². The van der Waals surface area contributed by atoms with Crippen molar-refractivity contribution >= 4 is 49.0 Å². The summed E-state index contributed by atoms with van der Waals surface area (Å²) in [5.74, 6) is -1.98. The number of hydrogen-bond acceptors (Lipinski definition) is 6. The summed E-state index contributed by atoms with van der Waals surface area (Å²) in [5.41, 5.74) is 1.33. The number of sulfonamides is 1.